The Balaban J connectivity index is 2.02. The average Bonchev–Trinajstić information content (AvgIpc) is 2.22. The molecule has 0 heterocycles. The van der Waals surface area contributed by atoms with Gasteiger partial charge in [0.25, 0.3) is 0 Å². The third-order valence-electron chi connectivity index (χ3n) is 3.14. The standard InChI is InChI=1S/C13H18BrNO/c1-9-3-2-4-11(7-9)16-13-6-5-10(15)8-12(13)14/h5-6,8-9,11H,2-4,7,15H2,1H3. The summed E-state index contributed by atoms with van der Waals surface area (Å²) < 4.78 is 6.96. The van der Waals surface area contributed by atoms with E-state index in [4.69, 9.17) is 10.5 Å². The Kier molecular flexibility index (Phi) is 3.74. The Morgan fingerprint density at radius 3 is 2.88 bits per heavy atom. The van der Waals surface area contributed by atoms with E-state index in [9.17, 15) is 0 Å². The number of nitrogen functional groups attached to an aromatic ring is 1. The predicted molar refractivity (Wildman–Crippen MR) is 70.6 cm³/mol. The van der Waals surface area contributed by atoms with Crippen molar-refractivity contribution in [2.45, 2.75) is 38.7 Å². The van der Waals surface area contributed by atoms with Crippen LogP contribution in [-0.2, 0) is 0 Å². The topological polar surface area (TPSA) is 35.2 Å². The van der Waals surface area contributed by atoms with E-state index in [1.54, 1.807) is 0 Å². The maximum Gasteiger partial charge on any atom is 0.134 e. The van der Waals surface area contributed by atoms with Crippen molar-refractivity contribution in [1.82, 2.24) is 0 Å². The van der Waals surface area contributed by atoms with Crippen LogP contribution in [0.5, 0.6) is 5.75 Å². The summed E-state index contributed by atoms with van der Waals surface area (Å²) in [5.41, 5.74) is 6.46. The van der Waals surface area contributed by atoms with E-state index < -0.39 is 0 Å². The molecule has 1 aliphatic rings. The van der Waals surface area contributed by atoms with E-state index in [0.717, 1.165) is 28.2 Å². The van der Waals surface area contributed by atoms with Gasteiger partial charge in [0, 0.05) is 5.69 Å². The molecule has 1 saturated carbocycles. The summed E-state index contributed by atoms with van der Waals surface area (Å²) >= 11 is 3.48. The highest BCUT2D eigenvalue weighted by Crippen LogP contribution is 2.32. The molecule has 0 bridgehead atoms. The summed E-state index contributed by atoms with van der Waals surface area (Å²) in [5.74, 6) is 1.69. The molecular weight excluding hydrogens is 266 g/mol. The Hall–Kier alpha value is -0.700. The van der Waals surface area contributed by atoms with Crippen molar-refractivity contribution in [1.29, 1.82) is 0 Å². The highest BCUT2D eigenvalue weighted by molar-refractivity contribution is 9.10. The zero-order valence-corrected chi connectivity index (χ0v) is 11.2. The van der Waals surface area contributed by atoms with Gasteiger partial charge < -0.3 is 10.5 Å². The summed E-state index contributed by atoms with van der Waals surface area (Å²) in [6, 6.07) is 5.71. The summed E-state index contributed by atoms with van der Waals surface area (Å²) in [4.78, 5) is 0. The number of rotatable bonds is 2. The van der Waals surface area contributed by atoms with Gasteiger partial charge in [0.15, 0.2) is 0 Å². The number of halogens is 1. The predicted octanol–water partition coefficient (Wildman–Crippen LogP) is 3.99. The number of benzene rings is 1. The first kappa shape index (κ1) is 11.8. The first-order chi connectivity index (χ1) is 7.65. The van der Waals surface area contributed by atoms with Crippen molar-refractivity contribution >= 4 is 21.6 Å². The molecule has 2 atom stereocenters. The second-order valence-corrected chi connectivity index (χ2v) is 5.56. The summed E-state index contributed by atoms with van der Waals surface area (Å²) in [7, 11) is 0. The first-order valence-corrected chi connectivity index (χ1v) is 6.66. The Bertz CT molecular complexity index is 367. The zero-order chi connectivity index (χ0) is 11.5. The molecule has 0 aromatic heterocycles. The van der Waals surface area contributed by atoms with Gasteiger partial charge in [0.2, 0.25) is 0 Å². The monoisotopic (exact) mass is 283 g/mol. The van der Waals surface area contributed by atoms with Crippen molar-refractivity contribution in [2.75, 3.05) is 5.73 Å². The number of anilines is 1. The van der Waals surface area contributed by atoms with Gasteiger partial charge in [-0.15, -0.1) is 0 Å². The van der Waals surface area contributed by atoms with Crippen LogP contribution in [-0.4, -0.2) is 6.10 Å². The lowest BCUT2D eigenvalue weighted by molar-refractivity contribution is 0.128. The fraction of sp³-hybridized carbons (Fsp3) is 0.538. The van der Waals surface area contributed by atoms with Gasteiger partial charge in [-0.05, 0) is 59.3 Å². The quantitative estimate of drug-likeness (QED) is 0.833. The summed E-state index contributed by atoms with van der Waals surface area (Å²) in [6.45, 7) is 2.30. The van der Waals surface area contributed by atoms with Crippen LogP contribution in [0.15, 0.2) is 22.7 Å². The van der Waals surface area contributed by atoms with E-state index in [-0.39, 0.29) is 0 Å². The highest BCUT2D eigenvalue weighted by Gasteiger charge is 2.20. The molecule has 1 aliphatic carbocycles. The molecule has 3 heteroatoms. The SMILES string of the molecule is CC1CCCC(Oc2ccc(N)cc2Br)C1. The van der Waals surface area contributed by atoms with E-state index in [0.29, 0.717) is 6.10 Å². The second-order valence-electron chi connectivity index (χ2n) is 4.70. The third kappa shape index (κ3) is 2.91. The van der Waals surface area contributed by atoms with E-state index in [1.807, 2.05) is 18.2 Å². The van der Waals surface area contributed by atoms with Crippen LogP contribution < -0.4 is 10.5 Å². The Labute approximate surface area is 105 Å². The molecule has 1 aromatic carbocycles. The highest BCUT2D eigenvalue weighted by atomic mass is 79.9. The maximum atomic E-state index is 6.01. The first-order valence-electron chi connectivity index (χ1n) is 5.87. The lowest BCUT2D eigenvalue weighted by atomic mass is 9.89. The molecule has 2 N–H and O–H groups in total. The molecule has 0 radical (unpaired) electrons. The molecule has 88 valence electrons. The minimum absolute atomic E-state index is 0.365. The number of hydrogen-bond donors (Lipinski definition) is 1. The average molecular weight is 284 g/mol. The van der Waals surface area contributed by atoms with E-state index >= 15 is 0 Å². The Morgan fingerprint density at radius 1 is 1.38 bits per heavy atom. The normalized spacial score (nSPS) is 25.4. The largest absolute Gasteiger partial charge is 0.489 e. The fourth-order valence-corrected chi connectivity index (χ4v) is 2.77. The molecule has 0 spiro atoms. The van der Waals surface area contributed by atoms with Gasteiger partial charge in [0.1, 0.15) is 5.75 Å². The minimum Gasteiger partial charge on any atom is -0.489 e. The van der Waals surface area contributed by atoms with Gasteiger partial charge in [-0.1, -0.05) is 13.3 Å². The molecule has 0 saturated heterocycles. The van der Waals surface area contributed by atoms with Crippen LogP contribution in [0, 0.1) is 5.92 Å². The van der Waals surface area contributed by atoms with Gasteiger partial charge in [-0.3, -0.25) is 0 Å². The van der Waals surface area contributed by atoms with Gasteiger partial charge in [-0.2, -0.15) is 0 Å². The molecular formula is C13H18BrNO. The van der Waals surface area contributed by atoms with Crippen molar-refractivity contribution in [3.05, 3.63) is 22.7 Å². The van der Waals surface area contributed by atoms with Crippen LogP contribution in [0.1, 0.15) is 32.6 Å². The molecule has 0 amide bonds. The Morgan fingerprint density at radius 2 is 2.19 bits per heavy atom. The molecule has 1 aromatic rings. The van der Waals surface area contributed by atoms with Crippen molar-refractivity contribution in [2.24, 2.45) is 5.92 Å². The molecule has 16 heavy (non-hydrogen) atoms. The maximum absolute atomic E-state index is 6.01. The van der Waals surface area contributed by atoms with E-state index in [1.165, 1.54) is 19.3 Å². The minimum atomic E-state index is 0.365. The van der Waals surface area contributed by atoms with Crippen LogP contribution in [0.4, 0.5) is 5.69 Å². The summed E-state index contributed by atoms with van der Waals surface area (Å²) in [6.07, 6.45) is 5.31. The molecule has 2 rings (SSSR count). The van der Waals surface area contributed by atoms with Crippen LogP contribution >= 0.6 is 15.9 Å². The molecule has 2 nitrogen and oxygen atoms in total. The van der Waals surface area contributed by atoms with Crippen LogP contribution in [0.2, 0.25) is 0 Å². The summed E-state index contributed by atoms with van der Waals surface area (Å²) in [5, 5.41) is 0. The molecule has 2 unspecified atom stereocenters. The lowest BCUT2D eigenvalue weighted by Gasteiger charge is -2.27. The van der Waals surface area contributed by atoms with Gasteiger partial charge in [-0.25, -0.2) is 0 Å². The van der Waals surface area contributed by atoms with E-state index in [2.05, 4.69) is 22.9 Å². The smallest absolute Gasteiger partial charge is 0.134 e. The second kappa shape index (κ2) is 5.09. The van der Waals surface area contributed by atoms with Crippen LogP contribution in [0.25, 0.3) is 0 Å². The molecule has 0 aliphatic heterocycles. The zero-order valence-electron chi connectivity index (χ0n) is 9.58. The van der Waals surface area contributed by atoms with Crippen molar-refractivity contribution in [3.63, 3.8) is 0 Å². The van der Waals surface area contributed by atoms with Gasteiger partial charge >= 0.3 is 0 Å². The molecule has 1 fully saturated rings. The van der Waals surface area contributed by atoms with Crippen molar-refractivity contribution < 1.29 is 4.74 Å². The van der Waals surface area contributed by atoms with Gasteiger partial charge in [0.05, 0.1) is 10.6 Å². The lowest BCUT2D eigenvalue weighted by Crippen LogP contribution is -2.24. The fourth-order valence-electron chi connectivity index (χ4n) is 2.28. The van der Waals surface area contributed by atoms with Crippen molar-refractivity contribution in [3.8, 4) is 5.75 Å². The van der Waals surface area contributed by atoms with Crippen LogP contribution in [0.3, 0.4) is 0 Å². The number of hydrogen-bond acceptors (Lipinski definition) is 2. The third-order valence-corrected chi connectivity index (χ3v) is 3.76. The number of nitrogens with two attached hydrogens (primary N) is 1. The number of ether oxygens (including phenoxy) is 1.